The molecule has 0 amide bonds. The van der Waals surface area contributed by atoms with E-state index in [0.29, 0.717) is 10.9 Å². The lowest BCUT2D eigenvalue weighted by molar-refractivity contribution is -0.131. The summed E-state index contributed by atoms with van der Waals surface area (Å²) < 4.78 is 1.11. The van der Waals surface area contributed by atoms with Crippen LogP contribution in [0.5, 0.6) is 0 Å². The maximum Gasteiger partial charge on any atom is 0.328 e. The highest BCUT2D eigenvalue weighted by atomic mass is 16.4. The number of hydrogen-bond acceptors (Lipinski definition) is 4. The summed E-state index contributed by atoms with van der Waals surface area (Å²) in [7, 11) is 0. The van der Waals surface area contributed by atoms with Crippen molar-refractivity contribution in [1.82, 2.24) is 15.0 Å². The number of allylic oxidation sites excluding steroid dienone is 1. The van der Waals surface area contributed by atoms with Crippen molar-refractivity contribution in [2.75, 3.05) is 0 Å². The van der Waals surface area contributed by atoms with Crippen LogP contribution in [0.25, 0.3) is 10.9 Å². The average Bonchev–Trinajstić information content (AvgIpc) is 2.32. The molecule has 1 heterocycles. The number of hydrogen-bond donors (Lipinski definition) is 1. The Morgan fingerprint density at radius 1 is 1.41 bits per heavy atom. The topological polar surface area (TPSA) is 85.1 Å². The van der Waals surface area contributed by atoms with Crippen LogP contribution in [0.3, 0.4) is 0 Å². The molecule has 0 spiro atoms. The van der Waals surface area contributed by atoms with Gasteiger partial charge in [0.2, 0.25) is 0 Å². The minimum absolute atomic E-state index is 0.0863. The summed E-state index contributed by atoms with van der Waals surface area (Å²) >= 11 is 0. The molecule has 2 aromatic rings. The van der Waals surface area contributed by atoms with Crippen LogP contribution in [0.1, 0.15) is 0 Å². The first-order valence-corrected chi connectivity index (χ1v) is 4.90. The summed E-state index contributed by atoms with van der Waals surface area (Å²) in [5.41, 5.74) is 0.238. The molecule has 0 saturated carbocycles. The fraction of sp³-hybridized carbons (Fsp3) is 0.0909. The number of aromatic nitrogens is 3. The van der Waals surface area contributed by atoms with E-state index in [4.69, 9.17) is 5.11 Å². The number of fused-ring (bicyclic) bond motifs is 1. The highest BCUT2D eigenvalue weighted by Gasteiger charge is 2.02. The fourth-order valence-corrected chi connectivity index (χ4v) is 1.40. The van der Waals surface area contributed by atoms with Gasteiger partial charge < -0.3 is 5.11 Å². The number of carboxylic acid groups (broad SMARTS) is 1. The zero-order valence-corrected chi connectivity index (χ0v) is 8.78. The molecule has 0 aliphatic heterocycles. The third-order valence-corrected chi connectivity index (χ3v) is 2.17. The number of carbonyl (C=O) groups is 1. The van der Waals surface area contributed by atoms with Crippen LogP contribution >= 0.6 is 0 Å². The standard InChI is InChI=1S/C11H9N3O3/c15-10(16)6-3-7-14-11(17)8-4-1-2-5-9(8)12-13-14/h1-6H,7H2,(H,15,16). The Labute approximate surface area is 95.8 Å². The lowest BCUT2D eigenvalue weighted by atomic mass is 10.2. The molecule has 1 N–H and O–H groups in total. The number of nitrogens with zero attached hydrogens (tertiary/aromatic N) is 3. The molecule has 6 heteroatoms. The van der Waals surface area contributed by atoms with Crippen molar-refractivity contribution < 1.29 is 9.90 Å². The van der Waals surface area contributed by atoms with Crippen LogP contribution in [0.2, 0.25) is 0 Å². The van der Waals surface area contributed by atoms with Gasteiger partial charge in [-0.05, 0) is 12.1 Å². The van der Waals surface area contributed by atoms with Crippen molar-refractivity contribution in [3.63, 3.8) is 0 Å². The summed E-state index contributed by atoms with van der Waals surface area (Å²) in [6.07, 6.45) is 2.30. The van der Waals surface area contributed by atoms with Crippen molar-refractivity contribution in [3.05, 3.63) is 46.8 Å². The van der Waals surface area contributed by atoms with E-state index in [1.54, 1.807) is 24.3 Å². The smallest absolute Gasteiger partial charge is 0.328 e. The van der Waals surface area contributed by atoms with Crippen LogP contribution in [-0.4, -0.2) is 26.1 Å². The monoisotopic (exact) mass is 231 g/mol. The minimum atomic E-state index is -1.06. The van der Waals surface area contributed by atoms with Crippen molar-refractivity contribution in [1.29, 1.82) is 0 Å². The number of aliphatic carboxylic acids is 1. The molecule has 0 fully saturated rings. The Balaban J connectivity index is 2.40. The van der Waals surface area contributed by atoms with Gasteiger partial charge in [0.05, 0.1) is 11.9 Å². The van der Waals surface area contributed by atoms with E-state index in [1.165, 1.54) is 6.08 Å². The van der Waals surface area contributed by atoms with Gasteiger partial charge in [-0.3, -0.25) is 4.79 Å². The van der Waals surface area contributed by atoms with Crippen molar-refractivity contribution in [2.45, 2.75) is 6.54 Å². The highest BCUT2D eigenvalue weighted by molar-refractivity contribution is 5.79. The molecule has 0 unspecified atom stereocenters. The number of benzene rings is 1. The van der Waals surface area contributed by atoms with Crippen LogP contribution in [0, 0.1) is 0 Å². The van der Waals surface area contributed by atoms with E-state index in [9.17, 15) is 9.59 Å². The molecule has 0 aliphatic rings. The van der Waals surface area contributed by atoms with Gasteiger partial charge in [-0.2, -0.15) is 0 Å². The van der Waals surface area contributed by atoms with Crippen molar-refractivity contribution in [2.24, 2.45) is 0 Å². The van der Waals surface area contributed by atoms with E-state index in [-0.39, 0.29) is 12.1 Å². The predicted octanol–water partition coefficient (Wildman–Crippen LogP) is 0.432. The van der Waals surface area contributed by atoms with E-state index in [0.717, 1.165) is 10.8 Å². The molecule has 17 heavy (non-hydrogen) atoms. The lowest BCUT2D eigenvalue weighted by Crippen LogP contribution is -2.23. The average molecular weight is 231 g/mol. The molecule has 86 valence electrons. The lowest BCUT2D eigenvalue weighted by Gasteiger charge is -2.00. The van der Waals surface area contributed by atoms with Gasteiger partial charge in [0, 0.05) is 6.08 Å². The van der Waals surface area contributed by atoms with Gasteiger partial charge in [-0.15, -0.1) is 5.10 Å². The van der Waals surface area contributed by atoms with Gasteiger partial charge in [-0.1, -0.05) is 23.4 Å². The summed E-state index contributed by atoms with van der Waals surface area (Å²) in [6, 6.07) is 6.86. The van der Waals surface area contributed by atoms with Gasteiger partial charge >= 0.3 is 5.97 Å². The Kier molecular flexibility index (Phi) is 2.95. The first kappa shape index (κ1) is 11.0. The summed E-state index contributed by atoms with van der Waals surface area (Å²) in [5.74, 6) is -1.06. The minimum Gasteiger partial charge on any atom is -0.478 e. The zero-order valence-electron chi connectivity index (χ0n) is 8.78. The number of carboxylic acids is 1. The second-order valence-electron chi connectivity index (χ2n) is 3.33. The van der Waals surface area contributed by atoms with Crippen LogP contribution in [0.15, 0.2) is 41.2 Å². The predicted molar refractivity (Wildman–Crippen MR) is 60.6 cm³/mol. The second-order valence-corrected chi connectivity index (χ2v) is 3.33. The maximum atomic E-state index is 11.9. The van der Waals surface area contributed by atoms with Gasteiger partial charge in [0.25, 0.3) is 5.56 Å². The SMILES string of the molecule is O=C(O)C=CCn1nnc2ccccc2c1=O. The summed E-state index contributed by atoms with van der Waals surface area (Å²) in [6.45, 7) is 0.0863. The third-order valence-electron chi connectivity index (χ3n) is 2.17. The Bertz CT molecular complexity index is 646. The van der Waals surface area contributed by atoms with Gasteiger partial charge in [0.15, 0.2) is 0 Å². The van der Waals surface area contributed by atoms with E-state index >= 15 is 0 Å². The van der Waals surface area contributed by atoms with Crippen LogP contribution in [-0.2, 0) is 11.3 Å². The highest BCUT2D eigenvalue weighted by Crippen LogP contribution is 2.03. The molecule has 0 aliphatic carbocycles. The largest absolute Gasteiger partial charge is 0.478 e. The third kappa shape index (κ3) is 2.36. The Morgan fingerprint density at radius 3 is 2.94 bits per heavy atom. The van der Waals surface area contributed by atoms with Crippen molar-refractivity contribution >= 4 is 16.9 Å². The normalized spacial score (nSPS) is 11.1. The summed E-state index contributed by atoms with van der Waals surface area (Å²) in [5, 5.41) is 16.5. The first-order chi connectivity index (χ1) is 8.18. The second kappa shape index (κ2) is 4.56. The quantitative estimate of drug-likeness (QED) is 0.774. The van der Waals surface area contributed by atoms with Crippen LogP contribution < -0.4 is 5.56 Å². The molecule has 0 radical (unpaired) electrons. The molecule has 2 rings (SSSR count). The van der Waals surface area contributed by atoms with Crippen molar-refractivity contribution in [3.8, 4) is 0 Å². The first-order valence-electron chi connectivity index (χ1n) is 4.90. The maximum absolute atomic E-state index is 11.9. The molecule has 0 atom stereocenters. The van der Waals surface area contributed by atoms with Gasteiger partial charge in [-0.25, -0.2) is 9.48 Å². The Morgan fingerprint density at radius 2 is 2.18 bits per heavy atom. The fourth-order valence-electron chi connectivity index (χ4n) is 1.40. The molecule has 1 aromatic heterocycles. The van der Waals surface area contributed by atoms with E-state index < -0.39 is 5.97 Å². The van der Waals surface area contributed by atoms with E-state index in [1.807, 2.05) is 0 Å². The van der Waals surface area contributed by atoms with Crippen LogP contribution in [0.4, 0.5) is 0 Å². The molecule has 6 nitrogen and oxygen atoms in total. The summed E-state index contributed by atoms with van der Waals surface area (Å²) in [4.78, 5) is 22.2. The molecule has 1 aromatic carbocycles. The van der Waals surface area contributed by atoms with E-state index in [2.05, 4.69) is 10.3 Å². The zero-order chi connectivity index (χ0) is 12.3. The number of rotatable bonds is 3. The Hall–Kier alpha value is -2.50. The molecular weight excluding hydrogens is 222 g/mol. The molecular formula is C11H9N3O3. The molecule has 0 saturated heterocycles. The molecule has 0 bridgehead atoms. The van der Waals surface area contributed by atoms with Gasteiger partial charge in [0.1, 0.15) is 5.52 Å².